The number of nitriles is 1. The Hall–Kier alpha value is -2.69. The second kappa shape index (κ2) is 6.15. The zero-order chi connectivity index (χ0) is 13.5. The number of amides is 1. The third-order valence-electron chi connectivity index (χ3n) is 1.99. The summed E-state index contributed by atoms with van der Waals surface area (Å²) in [6.07, 6.45) is 1.03. The molecule has 0 bridgehead atoms. The molecule has 0 saturated heterocycles. The predicted molar refractivity (Wildman–Crippen MR) is 62.8 cm³/mol. The van der Waals surface area contributed by atoms with E-state index in [1.807, 2.05) is 0 Å². The van der Waals surface area contributed by atoms with E-state index < -0.39 is 4.92 Å². The van der Waals surface area contributed by atoms with Crippen LogP contribution in [0.5, 0.6) is 0 Å². The van der Waals surface area contributed by atoms with E-state index in [0.717, 1.165) is 12.3 Å². The average molecular weight is 249 g/mol. The zero-order valence-corrected chi connectivity index (χ0v) is 9.64. The first-order valence-electron chi connectivity index (χ1n) is 5.13. The van der Waals surface area contributed by atoms with Gasteiger partial charge < -0.3 is 10.6 Å². The highest BCUT2D eigenvalue weighted by atomic mass is 16.6. The summed E-state index contributed by atoms with van der Waals surface area (Å²) in [5.74, 6) is -0.101. The van der Waals surface area contributed by atoms with E-state index in [9.17, 15) is 14.9 Å². The Labute approximate surface area is 103 Å². The Kier molecular flexibility index (Phi) is 4.57. The SMILES string of the molecule is CCNC(=O)CNc1ncc([N+](=O)[O-])cc1C#N. The van der Waals surface area contributed by atoms with Gasteiger partial charge in [-0.3, -0.25) is 14.9 Å². The molecule has 0 aromatic carbocycles. The fourth-order valence-electron chi connectivity index (χ4n) is 1.20. The van der Waals surface area contributed by atoms with Gasteiger partial charge in [-0.1, -0.05) is 0 Å². The van der Waals surface area contributed by atoms with Gasteiger partial charge in [-0.25, -0.2) is 4.98 Å². The van der Waals surface area contributed by atoms with Crippen LogP contribution in [0.15, 0.2) is 12.3 Å². The molecule has 0 aliphatic heterocycles. The number of hydrogen-bond acceptors (Lipinski definition) is 6. The number of anilines is 1. The summed E-state index contributed by atoms with van der Waals surface area (Å²) in [7, 11) is 0. The maximum atomic E-state index is 11.2. The van der Waals surface area contributed by atoms with Gasteiger partial charge in [-0.05, 0) is 6.92 Å². The van der Waals surface area contributed by atoms with E-state index in [4.69, 9.17) is 5.26 Å². The lowest BCUT2D eigenvalue weighted by Crippen LogP contribution is -2.29. The van der Waals surface area contributed by atoms with Gasteiger partial charge in [0.15, 0.2) is 0 Å². The standard InChI is InChI=1S/C10H11N5O3/c1-2-12-9(16)6-14-10-7(4-11)3-8(5-13-10)15(17)18/h3,5H,2,6H2,1H3,(H,12,16)(H,13,14). The molecule has 8 nitrogen and oxygen atoms in total. The molecule has 18 heavy (non-hydrogen) atoms. The molecule has 0 aliphatic carbocycles. The molecule has 1 amide bonds. The number of nitrogens with zero attached hydrogens (tertiary/aromatic N) is 3. The summed E-state index contributed by atoms with van der Waals surface area (Å²) < 4.78 is 0. The van der Waals surface area contributed by atoms with Crippen LogP contribution in [-0.2, 0) is 4.79 Å². The third kappa shape index (κ3) is 3.41. The molecule has 8 heteroatoms. The lowest BCUT2D eigenvalue weighted by atomic mass is 10.2. The van der Waals surface area contributed by atoms with Crippen LogP contribution >= 0.6 is 0 Å². The van der Waals surface area contributed by atoms with Gasteiger partial charge in [-0.2, -0.15) is 5.26 Å². The first kappa shape index (κ1) is 13.4. The normalized spacial score (nSPS) is 9.33. The number of carbonyl (C=O) groups is 1. The molecule has 0 atom stereocenters. The number of likely N-dealkylation sites (N-methyl/N-ethyl adjacent to an activating group) is 1. The van der Waals surface area contributed by atoms with Crippen LogP contribution in [0, 0.1) is 21.4 Å². The number of carbonyl (C=O) groups excluding carboxylic acids is 1. The fourth-order valence-corrected chi connectivity index (χ4v) is 1.20. The van der Waals surface area contributed by atoms with Crippen LogP contribution in [0.25, 0.3) is 0 Å². The van der Waals surface area contributed by atoms with Gasteiger partial charge >= 0.3 is 0 Å². The predicted octanol–water partition coefficient (Wildman–Crippen LogP) is 0.409. The maximum absolute atomic E-state index is 11.2. The van der Waals surface area contributed by atoms with Crippen LogP contribution in [0.2, 0.25) is 0 Å². The van der Waals surface area contributed by atoms with E-state index in [-0.39, 0.29) is 29.5 Å². The van der Waals surface area contributed by atoms with Crippen LogP contribution in [0.1, 0.15) is 12.5 Å². The highest BCUT2D eigenvalue weighted by molar-refractivity contribution is 5.80. The van der Waals surface area contributed by atoms with Crippen LogP contribution in [0.3, 0.4) is 0 Å². The molecule has 0 aliphatic rings. The van der Waals surface area contributed by atoms with Gasteiger partial charge in [0.1, 0.15) is 23.6 Å². The third-order valence-corrected chi connectivity index (χ3v) is 1.99. The van der Waals surface area contributed by atoms with Crippen molar-refractivity contribution < 1.29 is 9.72 Å². The molecule has 1 aromatic rings. The monoisotopic (exact) mass is 249 g/mol. The fraction of sp³-hybridized carbons (Fsp3) is 0.300. The van der Waals surface area contributed by atoms with Gasteiger partial charge in [0.2, 0.25) is 5.91 Å². The lowest BCUT2D eigenvalue weighted by molar-refractivity contribution is -0.385. The second-order valence-electron chi connectivity index (χ2n) is 3.27. The van der Waals surface area contributed by atoms with Gasteiger partial charge in [-0.15, -0.1) is 0 Å². The van der Waals surface area contributed by atoms with Crippen molar-refractivity contribution in [3.05, 3.63) is 27.9 Å². The smallest absolute Gasteiger partial charge is 0.289 e. The molecular weight excluding hydrogens is 238 g/mol. The van der Waals surface area contributed by atoms with Crippen molar-refractivity contribution in [3.63, 3.8) is 0 Å². The Morgan fingerprint density at radius 1 is 1.67 bits per heavy atom. The van der Waals surface area contributed by atoms with E-state index >= 15 is 0 Å². The van der Waals surface area contributed by atoms with Crippen molar-refractivity contribution in [3.8, 4) is 6.07 Å². The van der Waals surface area contributed by atoms with Crippen LogP contribution < -0.4 is 10.6 Å². The van der Waals surface area contributed by atoms with Crippen LogP contribution in [0.4, 0.5) is 11.5 Å². The minimum Gasteiger partial charge on any atom is -0.360 e. The number of hydrogen-bond donors (Lipinski definition) is 2. The van der Waals surface area contributed by atoms with E-state index in [1.54, 1.807) is 13.0 Å². The Balaban J connectivity index is 2.81. The number of nitro groups is 1. The molecule has 0 radical (unpaired) electrons. The summed E-state index contributed by atoms with van der Waals surface area (Å²) in [5.41, 5.74) is -0.247. The topological polar surface area (TPSA) is 121 Å². The van der Waals surface area contributed by atoms with Crippen molar-refractivity contribution in [2.75, 3.05) is 18.4 Å². The summed E-state index contributed by atoms with van der Waals surface area (Å²) >= 11 is 0. The van der Waals surface area contributed by atoms with E-state index in [1.165, 1.54) is 0 Å². The molecule has 0 spiro atoms. The molecule has 0 unspecified atom stereocenters. The summed E-state index contributed by atoms with van der Waals surface area (Å²) in [4.78, 5) is 24.8. The largest absolute Gasteiger partial charge is 0.360 e. The Bertz CT molecular complexity index is 509. The first-order valence-corrected chi connectivity index (χ1v) is 5.13. The lowest BCUT2D eigenvalue weighted by Gasteiger charge is -2.06. The minimum absolute atomic E-state index is 0.0218. The Morgan fingerprint density at radius 3 is 2.94 bits per heavy atom. The molecule has 1 heterocycles. The number of aromatic nitrogens is 1. The van der Waals surface area contributed by atoms with Crippen molar-refractivity contribution in [1.82, 2.24) is 10.3 Å². The molecule has 94 valence electrons. The van der Waals surface area contributed by atoms with Crippen molar-refractivity contribution in [2.45, 2.75) is 6.92 Å². The summed E-state index contributed by atoms with van der Waals surface area (Å²) in [6, 6.07) is 2.89. The second-order valence-corrected chi connectivity index (χ2v) is 3.27. The van der Waals surface area contributed by atoms with Crippen molar-refractivity contribution in [2.24, 2.45) is 0 Å². The molecule has 2 N–H and O–H groups in total. The Morgan fingerprint density at radius 2 is 2.39 bits per heavy atom. The summed E-state index contributed by atoms with van der Waals surface area (Å²) in [6.45, 7) is 2.23. The molecular formula is C10H11N5O3. The molecule has 0 fully saturated rings. The highest BCUT2D eigenvalue weighted by Gasteiger charge is 2.12. The summed E-state index contributed by atoms with van der Waals surface area (Å²) in [5, 5.41) is 24.6. The number of rotatable bonds is 5. The quantitative estimate of drug-likeness (QED) is 0.575. The zero-order valence-electron chi connectivity index (χ0n) is 9.64. The van der Waals surface area contributed by atoms with Gasteiger partial charge in [0.25, 0.3) is 5.69 Å². The molecule has 1 aromatic heterocycles. The maximum Gasteiger partial charge on any atom is 0.289 e. The van der Waals surface area contributed by atoms with Crippen LogP contribution in [-0.4, -0.2) is 28.9 Å². The van der Waals surface area contributed by atoms with E-state index in [2.05, 4.69) is 15.6 Å². The number of nitrogens with one attached hydrogen (secondary N) is 2. The molecule has 1 rings (SSSR count). The van der Waals surface area contributed by atoms with E-state index in [0.29, 0.717) is 6.54 Å². The van der Waals surface area contributed by atoms with Crippen molar-refractivity contribution >= 4 is 17.4 Å². The van der Waals surface area contributed by atoms with Crippen molar-refractivity contribution in [1.29, 1.82) is 5.26 Å². The number of pyridine rings is 1. The minimum atomic E-state index is -0.637. The first-order chi connectivity index (χ1) is 8.58. The average Bonchev–Trinajstić information content (AvgIpc) is 2.36. The highest BCUT2D eigenvalue weighted by Crippen LogP contribution is 2.17. The van der Waals surface area contributed by atoms with Gasteiger partial charge in [0.05, 0.1) is 11.5 Å². The van der Waals surface area contributed by atoms with Gasteiger partial charge in [0, 0.05) is 12.6 Å². The molecule has 0 saturated carbocycles.